The molecule has 0 bridgehead atoms. The molecule has 2 aliphatic rings. The minimum absolute atomic E-state index is 0.0678. The second-order valence-electron chi connectivity index (χ2n) is 10.7. The van der Waals surface area contributed by atoms with E-state index in [2.05, 4.69) is 44.3 Å². The third-order valence-electron chi connectivity index (χ3n) is 7.89. The molecule has 7 heteroatoms. The van der Waals surface area contributed by atoms with E-state index in [1.807, 2.05) is 4.90 Å². The van der Waals surface area contributed by atoms with Crippen LogP contribution in [-0.4, -0.2) is 47.9 Å². The van der Waals surface area contributed by atoms with Gasteiger partial charge in [-0.05, 0) is 66.7 Å². The number of nitrogens with zero attached hydrogens (tertiary/aromatic N) is 2. The summed E-state index contributed by atoms with van der Waals surface area (Å²) in [7, 11) is 0. The van der Waals surface area contributed by atoms with Crippen LogP contribution in [0, 0.1) is 24.0 Å². The van der Waals surface area contributed by atoms with Gasteiger partial charge in [0.15, 0.2) is 0 Å². The van der Waals surface area contributed by atoms with Crippen LogP contribution < -0.4 is 5.32 Å². The first-order valence-electron chi connectivity index (χ1n) is 13.1. The van der Waals surface area contributed by atoms with E-state index in [4.69, 9.17) is 0 Å². The number of benzene rings is 2. The average Bonchev–Trinajstić information content (AvgIpc) is 3.26. The fourth-order valence-electron chi connectivity index (χ4n) is 5.63. The van der Waals surface area contributed by atoms with Crippen LogP contribution in [0.2, 0.25) is 0 Å². The Morgan fingerprint density at radius 1 is 1.03 bits per heavy atom. The van der Waals surface area contributed by atoms with Crippen molar-refractivity contribution in [1.29, 1.82) is 0 Å². The minimum Gasteiger partial charge on any atom is -0.338 e. The van der Waals surface area contributed by atoms with Crippen molar-refractivity contribution in [3.05, 3.63) is 64.2 Å². The minimum atomic E-state index is -0.823. The molecular formula is C29H37F2N3O2. The first-order valence-corrected chi connectivity index (χ1v) is 13.1. The zero-order valence-corrected chi connectivity index (χ0v) is 21.8. The molecule has 5 nitrogen and oxygen atoms in total. The van der Waals surface area contributed by atoms with Crippen molar-refractivity contribution in [2.24, 2.45) is 5.41 Å². The predicted molar refractivity (Wildman–Crippen MR) is 138 cm³/mol. The summed E-state index contributed by atoms with van der Waals surface area (Å²) < 4.78 is 28.8. The zero-order chi connectivity index (χ0) is 26.0. The van der Waals surface area contributed by atoms with Crippen molar-refractivity contribution in [3.63, 3.8) is 0 Å². The van der Waals surface area contributed by atoms with E-state index in [1.165, 1.54) is 13.0 Å². The molecule has 2 aromatic rings. The number of nitrogens with one attached hydrogen (secondary N) is 1. The van der Waals surface area contributed by atoms with Crippen LogP contribution in [0.3, 0.4) is 0 Å². The number of carbonyl (C=O) groups is 2. The van der Waals surface area contributed by atoms with Crippen LogP contribution in [0.5, 0.6) is 0 Å². The molecule has 2 fully saturated rings. The van der Waals surface area contributed by atoms with Gasteiger partial charge in [-0.2, -0.15) is 0 Å². The molecule has 1 N–H and O–H groups in total. The summed E-state index contributed by atoms with van der Waals surface area (Å²) in [4.78, 5) is 29.6. The Balaban J connectivity index is 1.41. The molecule has 2 saturated heterocycles. The number of halogens is 2. The van der Waals surface area contributed by atoms with Gasteiger partial charge in [-0.1, -0.05) is 51.5 Å². The molecule has 36 heavy (non-hydrogen) atoms. The highest BCUT2D eigenvalue weighted by molar-refractivity contribution is 5.95. The van der Waals surface area contributed by atoms with E-state index in [-0.39, 0.29) is 17.0 Å². The van der Waals surface area contributed by atoms with Gasteiger partial charge in [-0.3, -0.25) is 4.79 Å². The third kappa shape index (κ3) is 5.11. The number of anilines is 1. The lowest BCUT2D eigenvalue weighted by Gasteiger charge is -2.39. The van der Waals surface area contributed by atoms with Gasteiger partial charge in [0.05, 0.1) is 0 Å². The lowest BCUT2D eigenvalue weighted by molar-refractivity contribution is 0.0585. The van der Waals surface area contributed by atoms with Crippen molar-refractivity contribution in [1.82, 2.24) is 9.80 Å². The lowest BCUT2D eigenvalue weighted by atomic mass is 9.77. The summed E-state index contributed by atoms with van der Waals surface area (Å²) in [5.41, 5.74) is 2.96. The molecular weight excluding hydrogens is 460 g/mol. The number of para-hydroxylation sites is 1. The van der Waals surface area contributed by atoms with E-state index in [0.717, 1.165) is 42.1 Å². The van der Waals surface area contributed by atoms with Gasteiger partial charge in [-0.15, -0.1) is 0 Å². The smallest absolute Gasteiger partial charge is 0.321 e. The summed E-state index contributed by atoms with van der Waals surface area (Å²) in [5.74, 6) is -1.90. The number of aryl methyl sites for hydroxylation is 2. The van der Waals surface area contributed by atoms with Gasteiger partial charge in [0.2, 0.25) is 0 Å². The van der Waals surface area contributed by atoms with Gasteiger partial charge in [0.1, 0.15) is 17.2 Å². The van der Waals surface area contributed by atoms with Crippen LogP contribution in [-0.2, 0) is 6.42 Å². The quantitative estimate of drug-likeness (QED) is 0.512. The average molecular weight is 498 g/mol. The lowest BCUT2D eigenvalue weighted by Crippen LogP contribution is -2.45. The van der Waals surface area contributed by atoms with E-state index in [9.17, 15) is 18.4 Å². The second-order valence-corrected chi connectivity index (χ2v) is 10.7. The summed E-state index contributed by atoms with van der Waals surface area (Å²) in [6.45, 7) is 10.1. The molecule has 3 amide bonds. The number of likely N-dealkylation sites (tertiary alicyclic amines) is 2. The van der Waals surface area contributed by atoms with Crippen molar-refractivity contribution in [2.45, 2.75) is 65.7 Å². The second kappa shape index (κ2) is 10.6. The summed E-state index contributed by atoms with van der Waals surface area (Å²) in [5, 5.41) is 3.21. The van der Waals surface area contributed by atoms with Gasteiger partial charge >= 0.3 is 6.03 Å². The molecule has 0 unspecified atom stereocenters. The first-order chi connectivity index (χ1) is 17.2. The highest BCUT2D eigenvalue weighted by Gasteiger charge is 2.43. The molecule has 0 aliphatic carbocycles. The maximum absolute atomic E-state index is 14.5. The zero-order valence-electron chi connectivity index (χ0n) is 21.8. The normalized spacial score (nSPS) is 17.2. The third-order valence-corrected chi connectivity index (χ3v) is 7.89. The number of carbonyl (C=O) groups excluding carboxylic acids is 2. The molecule has 2 heterocycles. The highest BCUT2D eigenvalue weighted by Crippen LogP contribution is 2.41. The summed E-state index contributed by atoms with van der Waals surface area (Å²) in [6, 6.07) is 8.63. The molecule has 0 atom stereocenters. The molecule has 1 spiro atoms. The molecule has 2 aliphatic heterocycles. The molecule has 4 rings (SSSR count). The molecule has 194 valence electrons. The fourth-order valence-corrected chi connectivity index (χ4v) is 5.63. The van der Waals surface area contributed by atoms with Crippen LogP contribution in [0.25, 0.3) is 0 Å². The standard InChI is InChI=1S/C29H37F2N3O2/c1-5-7-21-8-6-9-22(19(2)3)26(21)32-28(36)34-17-14-29(18-34)12-15-33(16-13-29)27(35)24-23(30)11-10-20(4)25(24)31/h6,8-11,19H,5,7,12-18H2,1-4H3,(H,32,36). The highest BCUT2D eigenvalue weighted by atomic mass is 19.1. The van der Waals surface area contributed by atoms with Gasteiger partial charge in [0, 0.05) is 31.9 Å². The Labute approximate surface area is 212 Å². The van der Waals surface area contributed by atoms with Gasteiger partial charge in [-0.25, -0.2) is 13.6 Å². The topological polar surface area (TPSA) is 52.7 Å². The van der Waals surface area contributed by atoms with Crippen LogP contribution in [0.15, 0.2) is 30.3 Å². The van der Waals surface area contributed by atoms with E-state index in [0.29, 0.717) is 44.9 Å². The van der Waals surface area contributed by atoms with E-state index >= 15 is 0 Å². The first kappa shape index (κ1) is 26.1. The maximum Gasteiger partial charge on any atom is 0.321 e. The van der Waals surface area contributed by atoms with Crippen LogP contribution >= 0.6 is 0 Å². The monoisotopic (exact) mass is 497 g/mol. The Morgan fingerprint density at radius 2 is 1.69 bits per heavy atom. The summed E-state index contributed by atoms with van der Waals surface area (Å²) >= 11 is 0. The Kier molecular flexibility index (Phi) is 7.67. The number of urea groups is 1. The van der Waals surface area contributed by atoms with Gasteiger partial charge in [0.25, 0.3) is 5.91 Å². The molecule has 0 aromatic heterocycles. The summed E-state index contributed by atoms with van der Waals surface area (Å²) in [6.07, 6.45) is 4.20. The Hall–Kier alpha value is -2.96. The van der Waals surface area contributed by atoms with Crippen molar-refractivity contribution in [2.75, 3.05) is 31.5 Å². The SMILES string of the molecule is CCCc1cccc(C(C)C)c1NC(=O)N1CCC2(CCN(C(=O)c3c(F)ccc(C)c3F)CC2)C1. The fraction of sp³-hybridized carbons (Fsp3) is 0.517. The molecule has 0 saturated carbocycles. The number of piperidine rings is 1. The largest absolute Gasteiger partial charge is 0.338 e. The Bertz CT molecular complexity index is 1140. The van der Waals surface area contributed by atoms with Crippen LogP contribution in [0.4, 0.5) is 19.3 Å². The van der Waals surface area contributed by atoms with Crippen molar-refractivity contribution in [3.8, 4) is 0 Å². The number of amides is 3. The van der Waals surface area contributed by atoms with Gasteiger partial charge < -0.3 is 15.1 Å². The van der Waals surface area contributed by atoms with Crippen molar-refractivity contribution >= 4 is 17.6 Å². The number of hydrogen-bond donors (Lipinski definition) is 1. The Morgan fingerprint density at radius 3 is 2.33 bits per heavy atom. The van der Waals surface area contributed by atoms with Crippen LogP contribution in [0.1, 0.15) is 79.4 Å². The predicted octanol–water partition coefficient (Wildman–Crippen LogP) is 6.51. The maximum atomic E-state index is 14.5. The van der Waals surface area contributed by atoms with E-state index in [1.54, 1.807) is 4.90 Å². The molecule has 2 aromatic carbocycles. The molecule has 0 radical (unpaired) electrons. The number of hydrogen-bond acceptors (Lipinski definition) is 2. The van der Waals surface area contributed by atoms with E-state index < -0.39 is 23.1 Å². The van der Waals surface area contributed by atoms with Crippen molar-refractivity contribution < 1.29 is 18.4 Å². The number of rotatable bonds is 5.